The van der Waals surface area contributed by atoms with Crippen LogP contribution in [0.1, 0.15) is 55.7 Å². The predicted molar refractivity (Wildman–Crippen MR) is 145 cm³/mol. The minimum Gasteiger partial charge on any atom is -0.491 e. The number of hydrogen-bond donors (Lipinski definition) is 1. The number of halogens is 7. The van der Waals surface area contributed by atoms with Crippen LogP contribution in [0.5, 0.6) is 5.75 Å². The highest BCUT2D eigenvalue weighted by atomic mass is 32.2. The zero-order chi connectivity index (χ0) is 33.4. The molecule has 3 aliphatic rings. The molecule has 1 saturated heterocycles. The van der Waals surface area contributed by atoms with Crippen molar-refractivity contribution in [3.05, 3.63) is 59.2 Å². The number of sulfone groups is 1. The van der Waals surface area contributed by atoms with Crippen LogP contribution in [0, 0.1) is 18.3 Å². The number of carboxylic acid groups (broad SMARTS) is 1. The second kappa shape index (κ2) is 10.6. The Morgan fingerprint density at radius 2 is 1.51 bits per heavy atom. The van der Waals surface area contributed by atoms with Gasteiger partial charge in [0.05, 0.1) is 16.9 Å². The quantitative estimate of drug-likeness (QED) is 0.381. The molecular formula is C30H30F7NO6S. The molecule has 1 amide bonds. The number of benzene rings is 2. The largest absolute Gasteiger partial charge is 0.491 e. The number of amides is 1. The molecule has 0 spiro atoms. The van der Waals surface area contributed by atoms with E-state index in [1.165, 1.54) is 29.2 Å². The van der Waals surface area contributed by atoms with E-state index in [2.05, 4.69) is 0 Å². The lowest BCUT2D eigenvalue weighted by molar-refractivity contribution is -0.348. The SMILES string of the molecule is Cc1ccc(S(=O)(=O)C23CCN(C(=O)C4(C)CCC(C(=O)O)CC4)C2COc2cc(C(F)(C(F)(F)F)C(F)(F)F)ccc23)cc1. The van der Waals surface area contributed by atoms with Crippen molar-refractivity contribution >= 4 is 21.7 Å². The molecule has 2 unspecified atom stereocenters. The lowest BCUT2D eigenvalue weighted by Gasteiger charge is -2.45. The summed E-state index contributed by atoms with van der Waals surface area (Å²) in [5.41, 5.74) is -8.21. The van der Waals surface area contributed by atoms with Crippen molar-refractivity contribution in [1.82, 2.24) is 4.90 Å². The molecule has 1 aliphatic carbocycles. The third-order valence-electron chi connectivity index (χ3n) is 9.68. The zero-order valence-corrected chi connectivity index (χ0v) is 25.0. The van der Waals surface area contributed by atoms with Gasteiger partial charge in [0.2, 0.25) is 5.91 Å². The third kappa shape index (κ3) is 4.87. The van der Waals surface area contributed by atoms with Crippen LogP contribution in [-0.4, -0.2) is 61.8 Å². The summed E-state index contributed by atoms with van der Waals surface area (Å²) in [6.45, 7) is 2.61. The van der Waals surface area contributed by atoms with E-state index in [9.17, 15) is 53.8 Å². The van der Waals surface area contributed by atoms with Crippen molar-refractivity contribution in [2.24, 2.45) is 11.3 Å². The summed E-state index contributed by atoms with van der Waals surface area (Å²) < 4.78 is 129. The number of rotatable bonds is 5. The molecule has 2 aromatic rings. The van der Waals surface area contributed by atoms with Crippen LogP contribution in [0.25, 0.3) is 0 Å². The maximum Gasteiger partial charge on any atom is 0.435 e. The standard InChI is InChI=1S/C30H30F7NO6S/c1-17-3-6-20(7-4-17)45(42,43)27-13-14-38(25(41)26(2)11-9-18(10-12-26)24(39)40)23(27)16-44-22-15-19(5-8-21(22)27)28(31,29(32,33)34)30(35,36)37/h3-8,15,18,23H,9-14,16H2,1-2H3,(H,39,40). The van der Waals surface area contributed by atoms with Gasteiger partial charge in [-0.25, -0.2) is 12.8 Å². The van der Waals surface area contributed by atoms with E-state index in [1.807, 2.05) is 0 Å². The number of carboxylic acids is 1. The lowest BCUT2D eigenvalue weighted by Crippen LogP contribution is -2.57. The molecule has 0 aromatic heterocycles. The summed E-state index contributed by atoms with van der Waals surface area (Å²) in [5, 5.41) is 9.39. The average molecular weight is 666 g/mol. The van der Waals surface area contributed by atoms with E-state index in [0.717, 1.165) is 0 Å². The molecule has 1 saturated carbocycles. The Bertz CT molecular complexity index is 1600. The van der Waals surface area contributed by atoms with Crippen molar-refractivity contribution in [1.29, 1.82) is 0 Å². The van der Waals surface area contributed by atoms with Crippen LogP contribution < -0.4 is 4.74 Å². The van der Waals surface area contributed by atoms with Crippen LogP contribution in [0.4, 0.5) is 30.7 Å². The number of alkyl halides is 7. The van der Waals surface area contributed by atoms with Gasteiger partial charge in [-0.05, 0) is 57.2 Å². The van der Waals surface area contributed by atoms with Crippen molar-refractivity contribution in [2.45, 2.75) is 79.7 Å². The number of carbonyl (C=O) groups is 2. The topological polar surface area (TPSA) is 101 Å². The van der Waals surface area contributed by atoms with Crippen molar-refractivity contribution in [3.8, 4) is 5.75 Å². The monoisotopic (exact) mass is 665 g/mol. The molecule has 7 nitrogen and oxygen atoms in total. The Labute approximate surface area is 254 Å². The van der Waals surface area contributed by atoms with E-state index in [-0.39, 0.29) is 61.2 Å². The average Bonchev–Trinajstić information content (AvgIpc) is 3.37. The van der Waals surface area contributed by atoms with Gasteiger partial charge < -0.3 is 14.7 Å². The molecule has 2 aliphatic heterocycles. The minimum atomic E-state index is -6.39. The Morgan fingerprint density at radius 1 is 0.933 bits per heavy atom. The second-order valence-corrected chi connectivity index (χ2v) is 14.5. The van der Waals surface area contributed by atoms with Crippen LogP contribution in [0.15, 0.2) is 47.4 Å². The second-order valence-electron chi connectivity index (χ2n) is 12.3. The molecule has 2 atom stereocenters. The van der Waals surface area contributed by atoms with Gasteiger partial charge in [0.15, 0.2) is 9.84 Å². The molecule has 0 bridgehead atoms. The zero-order valence-electron chi connectivity index (χ0n) is 24.1. The summed E-state index contributed by atoms with van der Waals surface area (Å²) in [6, 6.07) is 5.63. The fourth-order valence-electron chi connectivity index (χ4n) is 6.95. The first-order valence-electron chi connectivity index (χ1n) is 14.2. The van der Waals surface area contributed by atoms with E-state index in [4.69, 9.17) is 4.74 Å². The smallest absolute Gasteiger partial charge is 0.435 e. The maximum atomic E-state index is 15.0. The molecule has 2 fully saturated rings. The van der Waals surface area contributed by atoms with Gasteiger partial charge in [-0.2, -0.15) is 26.3 Å². The molecule has 5 rings (SSSR count). The fraction of sp³-hybridized carbons (Fsp3) is 0.533. The molecule has 0 radical (unpaired) electrons. The Morgan fingerprint density at radius 3 is 2.04 bits per heavy atom. The summed E-state index contributed by atoms with van der Waals surface area (Å²) in [6.07, 6.45) is -12.2. The maximum absolute atomic E-state index is 15.0. The number of ether oxygens (including phenoxy) is 1. The van der Waals surface area contributed by atoms with Gasteiger partial charge in [0.25, 0.3) is 0 Å². The number of fused-ring (bicyclic) bond motifs is 3. The number of aryl methyl sites for hydroxylation is 1. The summed E-state index contributed by atoms with van der Waals surface area (Å²) in [5.74, 6) is -2.75. The van der Waals surface area contributed by atoms with Crippen molar-refractivity contribution < 1.29 is 58.6 Å². The predicted octanol–water partition coefficient (Wildman–Crippen LogP) is 6.23. The van der Waals surface area contributed by atoms with E-state index >= 15 is 0 Å². The normalized spacial score (nSPS) is 27.4. The summed E-state index contributed by atoms with van der Waals surface area (Å²) in [7, 11) is -4.52. The van der Waals surface area contributed by atoms with Gasteiger partial charge in [-0.1, -0.05) is 36.8 Å². The minimum absolute atomic E-state index is 0.144. The highest BCUT2D eigenvalue weighted by Gasteiger charge is 2.74. The molecule has 2 aromatic carbocycles. The van der Waals surface area contributed by atoms with Crippen LogP contribution >= 0.6 is 0 Å². The number of carbonyl (C=O) groups excluding carboxylic acids is 1. The third-order valence-corrected chi connectivity index (χ3v) is 12.2. The molecule has 2 heterocycles. The highest BCUT2D eigenvalue weighted by Crippen LogP contribution is 2.58. The van der Waals surface area contributed by atoms with E-state index < -0.39 is 79.8 Å². The van der Waals surface area contributed by atoms with Crippen LogP contribution in [0.3, 0.4) is 0 Å². The van der Waals surface area contributed by atoms with Gasteiger partial charge in [-0.15, -0.1) is 0 Å². The molecule has 45 heavy (non-hydrogen) atoms. The van der Waals surface area contributed by atoms with Gasteiger partial charge in [-0.3, -0.25) is 9.59 Å². The lowest BCUT2D eigenvalue weighted by atomic mass is 9.70. The first-order valence-corrected chi connectivity index (χ1v) is 15.6. The van der Waals surface area contributed by atoms with Crippen LogP contribution in [0.2, 0.25) is 0 Å². The fourth-order valence-corrected chi connectivity index (χ4v) is 9.24. The van der Waals surface area contributed by atoms with Crippen molar-refractivity contribution in [3.63, 3.8) is 0 Å². The Hall–Kier alpha value is -3.36. The number of hydrogen-bond acceptors (Lipinski definition) is 5. The van der Waals surface area contributed by atoms with E-state index in [1.54, 1.807) is 13.8 Å². The van der Waals surface area contributed by atoms with Gasteiger partial charge in [0, 0.05) is 23.1 Å². The van der Waals surface area contributed by atoms with Crippen molar-refractivity contribution in [2.75, 3.05) is 13.2 Å². The number of nitrogens with zero attached hydrogens (tertiary/aromatic N) is 1. The Kier molecular flexibility index (Phi) is 7.77. The number of aliphatic carboxylic acids is 1. The van der Waals surface area contributed by atoms with Gasteiger partial charge in [0.1, 0.15) is 17.1 Å². The molecule has 15 heteroatoms. The summed E-state index contributed by atoms with van der Waals surface area (Å²) >= 11 is 0. The van der Waals surface area contributed by atoms with Crippen LogP contribution in [-0.2, 0) is 29.8 Å². The first-order chi connectivity index (χ1) is 20.7. The molecule has 246 valence electrons. The Balaban J connectivity index is 1.64. The number of likely N-dealkylation sites (tertiary alicyclic amines) is 1. The van der Waals surface area contributed by atoms with E-state index in [0.29, 0.717) is 11.6 Å². The molecule has 1 N–H and O–H groups in total. The van der Waals surface area contributed by atoms with Gasteiger partial charge >= 0.3 is 24.0 Å². The summed E-state index contributed by atoms with van der Waals surface area (Å²) in [4.78, 5) is 26.6. The highest BCUT2D eigenvalue weighted by molar-refractivity contribution is 7.92. The first kappa shape index (κ1) is 33.0. The molecular weight excluding hydrogens is 635 g/mol.